The van der Waals surface area contributed by atoms with Crippen molar-refractivity contribution in [3.63, 3.8) is 0 Å². The average molecular weight is 341 g/mol. The molecule has 1 aromatic carbocycles. The molecule has 0 saturated carbocycles. The molecule has 3 aromatic rings. The Labute approximate surface area is 145 Å². The molecular formula is C18H20FN5O. The van der Waals surface area contributed by atoms with Crippen LogP contribution in [0.5, 0.6) is 0 Å². The predicted molar refractivity (Wildman–Crippen MR) is 92.5 cm³/mol. The molecule has 0 aliphatic carbocycles. The van der Waals surface area contributed by atoms with Gasteiger partial charge in [-0.1, -0.05) is 12.1 Å². The van der Waals surface area contributed by atoms with Crippen molar-refractivity contribution in [2.75, 3.05) is 7.05 Å². The van der Waals surface area contributed by atoms with Crippen LogP contribution in [0.15, 0.2) is 30.3 Å². The molecule has 0 aliphatic rings. The van der Waals surface area contributed by atoms with E-state index in [-0.39, 0.29) is 11.7 Å². The van der Waals surface area contributed by atoms with Crippen LogP contribution >= 0.6 is 0 Å². The quantitative estimate of drug-likeness (QED) is 0.793. The number of benzene rings is 1. The van der Waals surface area contributed by atoms with Crippen LogP contribution < -0.4 is 0 Å². The largest absolute Gasteiger partial charge is 0.336 e. The van der Waals surface area contributed by atoms with Gasteiger partial charge in [0.2, 0.25) is 0 Å². The van der Waals surface area contributed by atoms with Crippen molar-refractivity contribution < 1.29 is 9.18 Å². The molecule has 0 radical (unpaired) electrons. The Balaban J connectivity index is 1.80. The van der Waals surface area contributed by atoms with E-state index in [1.54, 1.807) is 29.9 Å². The lowest BCUT2D eigenvalue weighted by atomic mass is 10.1. The van der Waals surface area contributed by atoms with Gasteiger partial charge in [0.15, 0.2) is 0 Å². The van der Waals surface area contributed by atoms with E-state index in [1.165, 1.54) is 17.0 Å². The molecule has 0 spiro atoms. The van der Waals surface area contributed by atoms with Gasteiger partial charge in [-0.25, -0.2) is 4.39 Å². The van der Waals surface area contributed by atoms with E-state index in [9.17, 15) is 9.18 Å². The van der Waals surface area contributed by atoms with Crippen LogP contribution in [0.4, 0.5) is 4.39 Å². The van der Waals surface area contributed by atoms with Gasteiger partial charge in [-0.3, -0.25) is 14.6 Å². The van der Waals surface area contributed by atoms with Gasteiger partial charge in [0, 0.05) is 31.9 Å². The molecule has 0 aliphatic heterocycles. The van der Waals surface area contributed by atoms with Crippen molar-refractivity contribution >= 4 is 5.91 Å². The zero-order chi connectivity index (χ0) is 18.1. The minimum absolute atomic E-state index is 0.206. The van der Waals surface area contributed by atoms with Gasteiger partial charge < -0.3 is 4.90 Å². The fourth-order valence-electron chi connectivity index (χ4n) is 2.89. The Hall–Kier alpha value is -2.96. The van der Waals surface area contributed by atoms with Crippen molar-refractivity contribution in [3.05, 3.63) is 58.8 Å². The van der Waals surface area contributed by atoms with E-state index >= 15 is 0 Å². The molecule has 1 N–H and O–H groups in total. The molecular weight excluding hydrogens is 321 g/mol. The number of H-pyrrole nitrogens is 1. The second kappa shape index (κ2) is 6.51. The molecule has 2 heterocycles. The van der Waals surface area contributed by atoms with Crippen LogP contribution in [0.1, 0.15) is 27.4 Å². The van der Waals surface area contributed by atoms with Crippen LogP contribution in [0, 0.1) is 19.7 Å². The van der Waals surface area contributed by atoms with Gasteiger partial charge in [-0.05, 0) is 37.6 Å². The first-order valence-corrected chi connectivity index (χ1v) is 7.92. The fraction of sp³-hybridized carbons (Fsp3) is 0.278. The number of carbonyl (C=O) groups excluding carboxylic acids is 1. The number of aryl methyl sites for hydroxylation is 2. The van der Waals surface area contributed by atoms with E-state index < -0.39 is 0 Å². The van der Waals surface area contributed by atoms with Gasteiger partial charge in [-0.15, -0.1) is 0 Å². The standard InChI is InChI=1S/C18H20FN5O/c1-11-17(12(2)24(4)22-11)15-9-16(21-20-15)18(25)23(3)10-13-6-5-7-14(19)8-13/h5-9H,10H2,1-4H3,(H,20,21). The normalized spacial score (nSPS) is 10.9. The number of rotatable bonds is 4. The van der Waals surface area contributed by atoms with Crippen molar-refractivity contribution in [3.8, 4) is 11.3 Å². The lowest BCUT2D eigenvalue weighted by Gasteiger charge is -2.16. The number of hydrogen-bond donors (Lipinski definition) is 1. The molecule has 2 aromatic heterocycles. The number of aromatic nitrogens is 4. The number of halogens is 1. The summed E-state index contributed by atoms with van der Waals surface area (Å²) in [6.45, 7) is 4.19. The van der Waals surface area contributed by atoms with E-state index in [1.807, 2.05) is 20.9 Å². The van der Waals surface area contributed by atoms with Crippen LogP contribution in [0.3, 0.4) is 0 Å². The molecule has 0 fully saturated rings. The second-order valence-corrected chi connectivity index (χ2v) is 6.13. The number of carbonyl (C=O) groups is 1. The third kappa shape index (κ3) is 3.31. The minimum atomic E-state index is -0.315. The third-order valence-electron chi connectivity index (χ3n) is 4.23. The summed E-state index contributed by atoms with van der Waals surface area (Å²) in [5.74, 6) is -0.521. The number of hydrogen-bond acceptors (Lipinski definition) is 3. The van der Waals surface area contributed by atoms with Gasteiger partial charge in [-0.2, -0.15) is 10.2 Å². The number of amides is 1. The van der Waals surface area contributed by atoms with Gasteiger partial charge in [0.05, 0.1) is 11.4 Å². The minimum Gasteiger partial charge on any atom is -0.336 e. The van der Waals surface area contributed by atoms with Gasteiger partial charge >= 0.3 is 0 Å². The lowest BCUT2D eigenvalue weighted by molar-refractivity contribution is 0.0779. The Morgan fingerprint density at radius 2 is 2.08 bits per heavy atom. The molecule has 0 atom stereocenters. The first-order valence-electron chi connectivity index (χ1n) is 7.92. The zero-order valence-electron chi connectivity index (χ0n) is 14.7. The molecule has 0 unspecified atom stereocenters. The summed E-state index contributed by atoms with van der Waals surface area (Å²) in [6.07, 6.45) is 0. The van der Waals surface area contributed by atoms with Crippen molar-refractivity contribution in [1.29, 1.82) is 0 Å². The molecule has 25 heavy (non-hydrogen) atoms. The van der Waals surface area contributed by atoms with Gasteiger partial charge in [0.25, 0.3) is 5.91 Å². The maximum absolute atomic E-state index is 13.3. The first-order chi connectivity index (χ1) is 11.9. The number of nitrogens with zero attached hydrogens (tertiary/aromatic N) is 4. The highest BCUT2D eigenvalue weighted by atomic mass is 19.1. The van der Waals surface area contributed by atoms with Crippen LogP contribution in [-0.4, -0.2) is 37.8 Å². The number of aromatic amines is 1. The molecule has 0 saturated heterocycles. The summed E-state index contributed by atoms with van der Waals surface area (Å²) < 4.78 is 15.1. The van der Waals surface area contributed by atoms with E-state index in [2.05, 4.69) is 15.3 Å². The predicted octanol–water partition coefficient (Wildman–Crippen LogP) is 2.84. The smallest absolute Gasteiger partial charge is 0.271 e. The Bertz CT molecular complexity index is 927. The Kier molecular flexibility index (Phi) is 4.39. The Morgan fingerprint density at radius 3 is 2.72 bits per heavy atom. The van der Waals surface area contributed by atoms with Crippen LogP contribution in [-0.2, 0) is 13.6 Å². The molecule has 3 rings (SSSR count). The summed E-state index contributed by atoms with van der Waals surface area (Å²) in [4.78, 5) is 14.1. The summed E-state index contributed by atoms with van der Waals surface area (Å²) in [5.41, 5.74) is 4.57. The molecule has 6 nitrogen and oxygen atoms in total. The van der Waals surface area contributed by atoms with Crippen molar-refractivity contribution in [2.24, 2.45) is 7.05 Å². The summed E-state index contributed by atoms with van der Waals surface area (Å²) in [7, 11) is 3.55. The van der Waals surface area contributed by atoms with Crippen molar-refractivity contribution in [1.82, 2.24) is 24.9 Å². The SMILES string of the molecule is Cc1nn(C)c(C)c1-c1cc(C(=O)N(C)Cc2cccc(F)c2)[nH]n1. The highest BCUT2D eigenvalue weighted by molar-refractivity contribution is 5.93. The topological polar surface area (TPSA) is 66.8 Å². The van der Waals surface area contributed by atoms with E-state index in [0.717, 1.165) is 22.5 Å². The average Bonchev–Trinajstić information content (AvgIpc) is 3.12. The summed E-state index contributed by atoms with van der Waals surface area (Å²) >= 11 is 0. The molecule has 1 amide bonds. The summed E-state index contributed by atoms with van der Waals surface area (Å²) in [5, 5.41) is 11.4. The number of nitrogens with one attached hydrogen (secondary N) is 1. The third-order valence-corrected chi connectivity index (χ3v) is 4.23. The highest BCUT2D eigenvalue weighted by Gasteiger charge is 2.19. The van der Waals surface area contributed by atoms with E-state index in [0.29, 0.717) is 17.9 Å². The lowest BCUT2D eigenvalue weighted by Crippen LogP contribution is -2.26. The maximum atomic E-state index is 13.3. The molecule has 130 valence electrons. The molecule has 7 heteroatoms. The molecule has 0 bridgehead atoms. The summed E-state index contributed by atoms with van der Waals surface area (Å²) in [6, 6.07) is 7.94. The van der Waals surface area contributed by atoms with Crippen LogP contribution in [0.2, 0.25) is 0 Å². The maximum Gasteiger partial charge on any atom is 0.271 e. The zero-order valence-corrected chi connectivity index (χ0v) is 14.7. The first kappa shape index (κ1) is 16.9. The second-order valence-electron chi connectivity index (χ2n) is 6.13. The highest BCUT2D eigenvalue weighted by Crippen LogP contribution is 2.25. The van der Waals surface area contributed by atoms with Crippen LogP contribution in [0.25, 0.3) is 11.3 Å². The van der Waals surface area contributed by atoms with E-state index in [4.69, 9.17) is 0 Å². The monoisotopic (exact) mass is 341 g/mol. The fourth-order valence-corrected chi connectivity index (χ4v) is 2.89. The Morgan fingerprint density at radius 1 is 1.32 bits per heavy atom. The van der Waals surface area contributed by atoms with Gasteiger partial charge in [0.1, 0.15) is 11.5 Å². The van der Waals surface area contributed by atoms with Crippen molar-refractivity contribution in [2.45, 2.75) is 20.4 Å².